The van der Waals surface area contributed by atoms with Gasteiger partial charge in [-0.3, -0.25) is 9.59 Å². The number of hydrogen-bond acceptors (Lipinski definition) is 3. The number of nitrogens with zero attached hydrogens (tertiary/aromatic N) is 1. The molecule has 136 valence electrons. The number of hydrogen-bond donors (Lipinski definition) is 3. The number of anilines is 2. The molecule has 0 unspecified atom stereocenters. The van der Waals surface area contributed by atoms with E-state index >= 15 is 0 Å². The second-order valence-electron chi connectivity index (χ2n) is 6.65. The number of amides is 2. The van der Waals surface area contributed by atoms with Gasteiger partial charge in [0.15, 0.2) is 0 Å². The molecule has 1 aliphatic rings. The molecule has 2 amide bonds. The largest absolute Gasteiger partial charge is 0.357 e. The van der Waals surface area contributed by atoms with E-state index in [1.54, 1.807) is 17.0 Å². The highest BCUT2D eigenvalue weighted by Crippen LogP contribution is 2.35. The summed E-state index contributed by atoms with van der Waals surface area (Å²) in [6.45, 7) is 3.98. The van der Waals surface area contributed by atoms with E-state index in [0.29, 0.717) is 28.2 Å². The Bertz CT molecular complexity index is 928. The number of H-pyrrole nitrogens is 1. The fourth-order valence-corrected chi connectivity index (χ4v) is 3.02. The molecule has 2 heterocycles. The second-order valence-corrected chi connectivity index (χ2v) is 6.65. The number of carbonyl (C=O) groups excluding carboxylic acids is 2. The Labute approximate surface area is 151 Å². The van der Waals surface area contributed by atoms with E-state index in [9.17, 15) is 14.0 Å². The van der Waals surface area contributed by atoms with Gasteiger partial charge >= 0.3 is 0 Å². The summed E-state index contributed by atoms with van der Waals surface area (Å²) >= 11 is 0. The molecule has 0 bridgehead atoms. The molecule has 2 aromatic rings. The van der Waals surface area contributed by atoms with E-state index in [0.717, 1.165) is 11.3 Å². The molecule has 0 aliphatic carbocycles. The molecule has 1 aromatic heterocycles. The molecule has 0 saturated carbocycles. The van der Waals surface area contributed by atoms with Crippen molar-refractivity contribution in [2.75, 3.05) is 31.3 Å². The lowest BCUT2D eigenvalue weighted by Gasteiger charge is -2.10. The van der Waals surface area contributed by atoms with Gasteiger partial charge in [0.2, 0.25) is 5.91 Å². The van der Waals surface area contributed by atoms with Gasteiger partial charge in [-0.05, 0) is 57.8 Å². The van der Waals surface area contributed by atoms with Crippen molar-refractivity contribution in [3.8, 4) is 0 Å². The topological polar surface area (TPSA) is 77.2 Å². The number of halogens is 1. The molecule has 6 nitrogen and oxygen atoms in total. The van der Waals surface area contributed by atoms with Crippen LogP contribution in [0, 0.1) is 19.7 Å². The zero-order chi connectivity index (χ0) is 19.0. The van der Waals surface area contributed by atoms with Gasteiger partial charge in [0.25, 0.3) is 5.91 Å². The molecule has 3 rings (SSSR count). The fraction of sp³-hybridized carbons (Fsp3) is 0.263. The highest BCUT2D eigenvalue weighted by Gasteiger charge is 2.25. The Balaban J connectivity index is 1.96. The first kappa shape index (κ1) is 17.9. The lowest BCUT2D eigenvalue weighted by atomic mass is 10.0. The number of carbonyl (C=O) groups is 2. The molecule has 1 aromatic carbocycles. The number of aromatic amines is 1. The van der Waals surface area contributed by atoms with Crippen molar-refractivity contribution in [2.24, 2.45) is 0 Å². The van der Waals surface area contributed by atoms with Gasteiger partial charge in [0.1, 0.15) is 5.82 Å². The van der Waals surface area contributed by atoms with Gasteiger partial charge in [-0.25, -0.2) is 4.39 Å². The van der Waals surface area contributed by atoms with Crippen LogP contribution in [-0.4, -0.2) is 42.3 Å². The molecule has 0 spiro atoms. The van der Waals surface area contributed by atoms with Crippen molar-refractivity contribution in [1.82, 2.24) is 9.88 Å². The van der Waals surface area contributed by atoms with Crippen LogP contribution in [0.3, 0.4) is 0 Å². The molecule has 0 radical (unpaired) electrons. The number of aryl methyl sites for hydroxylation is 1. The minimum Gasteiger partial charge on any atom is -0.357 e. The van der Waals surface area contributed by atoms with Crippen molar-refractivity contribution >= 4 is 34.8 Å². The third kappa shape index (κ3) is 3.39. The van der Waals surface area contributed by atoms with Crippen LogP contribution < -0.4 is 10.6 Å². The molecule has 3 N–H and O–H groups in total. The van der Waals surface area contributed by atoms with Crippen LogP contribution in [0.25, 0.3) is 11.6 Å². The van der Waals surface area contributed by atoms with Gasteiger partial charge in [-0.1, -0.05) is 0 Å². The van der Waals surface area contributed by atoms with E-state index in [-0.39, 0.29) is 18.4 Å². The van der Waals surface area contributed by atoms with Crippen LogP contribution in [0.1, 0.15) is 22.5 Å². The highest BCUT2D eigenvalue weighted by molar-refractivity contribution is 6.34. The minimum absolute atomic E-state index is 0.120. The van der Waals surface area contributed by atoms with E-state index in [4.69, 9.17) is 0 Å². The highest BCUT2D eigenvalue weighted by atomic mass is 19.1. The number of benzene rings is 1. The molecule has 0 fully saturated rings. The standard InChI is InChI=1S/C19H21FN4O2/c1-10-16(21-11(2)18(10)23-17(25)9-24(3)4)8-14-13-7-12(20)5-6-15(13)22-19(14)26/h5-8,21H,9H2,1-4H3,(H,22,26)(H,23,25)/b14-8-. The third-order valence-electron chi connectivity index (χ3n) is 4.25. The van der Waals surface area contributed by atoms with Crippen LogP contribution in [0.2, 0.25) is 0 Å². The lowest BCUT2D eigenvalue weighted by molar-refractivity contribution is -0.116. The summed E-state index contributed by atoms with van der Waals surface area (Å²) in [5.74, 6) is -0.803. The van der Waals surface area contributed by atoms with E-state index in [2.05, 4.69) is 15.6 Å². The van der Waals surface area contributed by atoms with Crippen LogP contribution in [0.5, 0.6) is 0 Å². The fourth-order valence-electron chi connectivity index (χ4n) is 3.02. The third-order valence-corrected chi connectivity index (χ3v) is 4.25. The smallest absolute Gasteiger partial charge is 0.256 e. The summed E-state index contributed by atoms with van der Waals surface area (Å²) in [5, 5.41) is 5.62. The Hall–Kier alpha value is -2.93. The summed E-state index contributed by atoms with van der Waals surface area (Å²) in [6.07, 6.45) is 1.69. The summed E-state index contributed by atoms with van der Waals surface area (Å²) in [7, 11) is 3.64. The normalized spacial score (nSPS) is 14.7. The van der Waals surface area contributed by atoms with E-state index in [1.165, 1.54) is 12.1 Å². The predicted octanol–water partition coefficient (Wildman–Crippen LogP) is 2.76. The van der Waals surface area contributed by atoms with Gasteiger partial charge < -0.3 is 20.5 Å². The molecule has 0 saturated heterocycles. The summed E-state index contributed by atoms with van der Waals surface area (Å²) < 4.78 is 13.6. The SMILES string of the molecule is Cc1[nH]c(/C=C2\C(=O)Nc3ccc(F)cc32)c(C)c1NC(=O)CN(C)C. The molecule has 26 heavy (non-hydrogen) atoms. The molecule has 0 atom stereocenters. The molecular formula is C19H21FN4O2. The average molecular weight is 356 g/mol. The van der Waals surface area contributed by atoms with Gasteiger partial charge in [-0.2, -0.15) is 0 Å². The Morgan fingerprint density at radius 1 is 1.31 bits per heavy atom. The van der Waals surface area contributed by atoms with Crippen LogP contribution in [0.4, 0.5) is 15.8 Å². The van der Waals surface area contributed by atoms with Crippen LogP contribution in [-0.2, 0) is 9.59 Å². The monoisotopic (exact) mass is 356 g/mol. The van der Waals surface area contributed by atoms with Gasteiger partial charge in [0.05, 0.1) is 17.8 Å². The first-order valence-corrected chi connectivity index (χ1v) is 8.23. The van der Waals surface area contributed by atoms with Crippen molar-refractivity contribution in [3.05, 3.63) is 46.5 Å². The second kappa shape index (κ2) is 6.76. The Kier molecular flexibility index (Phi) is 4.65. The lowest BCUT2D eigenvalue weighted by Crippen LogP contribution is -2.27. The molecule has 1 aliphatic heterocycles. The maximum atomic E-state index is 13.6. The number of nitrogens with one attached hydrogen (secondary N) is 3. The number of likely N-dealkylation sites (N-methyl/N-ethyl adjacent to an activating group) is 1. The average Bonchev–Trinajstić information content (AvgIpc) is 2.98. The van der Waals surface area contributed by atoms with E-state index in [1.807, 2.05) is 27.9 Å². The molecule has 7 heteroatoms. The Morgan fingerprint density at radius 2 is 2.04 bits per heavy atom. The zero-order valence-electron chi connectivity index (χ0n) is 15.2. The predicted molar refractivity (Wildman–Crippen MR) is 100 cm³/mol. The minimum atomic E-state index is -0.401. The summed E-state index contributed by atoms with van der Waals surface area (Å²) in [6, 6.07) is 4.19. The van der Waals surface area contributed by atoms with Gasteiger partial charge in [-0.15, -0.1) is 0 Å². The zero-order valence-corrected chi connectivity index (χ0v) is 15.2. The van der Waals surface area contributed by atoms with Crippen LogP contribution in [0.15, 0.2) is 18.2 Å². The molecular weight excluding hydrogens is 335 g/mol. The maximum Gasteiger partial charge on any atom is 0.256 e. The number of fused-ring (bicyclic) bond motifs is 1. The Morgan fingerprint density at radius 3 is 2.73 bits per heavy atom. The van der Waals surface area contributed by atoms with Crippen molar-refractivity contribution in [2.45, 2.75) is 13.8 Å². The quantitative estimate of drug-likeness (QED) is 0.737. The number of aromatic nitrogens is 1. The summed E-state index contributed by atoms with van der Waals surface area (Å²) in [5.41, 5.74) is 4.50. The first-order chi connectivity index (χ1) is 12.3. The number of rotatable bonds is 4. The summed E-state index contributed by atoms with van der Waals surface area (Å²) in [4.78, 5) is 29.3. The van der Waals surface area contributed by atoms with Crippen molar-refractivity contribution < 1.29 is 14.0 Å². The van der Waals surface area contributed by atoms with E-state index < -0.39 is 5.82 Å². The van der Waals surface area contributed by atoms with Gasteiger partial charge in [0, 0.05) is 22.6 Å². The first-order valence-electron chi connectivity index (χ1n) is 8.23. The van der Waals surface area contributed by atoms with Crippen LogP contribution >= 0.6 is 0 Å². The maximum absolute atomic E-state index is 13.6. The van der Waals surface area contributed by atoms with Crippen molar-refractivity contribution in [3.63, 3.8) is 0 Å². The van der Waals surface area contributed by atoms with Crippen molar-refractivity contribution in [1.29, 1.82) is 0 Å².